The Balaban J connectivity index is 2.11. The van der Waals surface area contributed by atoms with Gasteiger partial charge in [-0.2, -0.15) is 4.98 Å². The maximum absolute atomic E-state index is 6.04. The third kappa shape index (κ3) is 2.90. The summed E-state index contributed by atoms with van der Waals surface area (Å²) in [6.45, 7) is 2.02. The van der Waals surface area contributed by atoms with Crippen LogP contribution in [0.2, 0.25) is 10.3 Å². The third-order valence-electron chi connectivity index (χ3n) is 2.90. The minimum Gasteiger partial charge on any atom is -0.495 e. The summed E-state index contributed by atoms with van der Waals surface area (Å²) >= 11 is 13.6. The van der Waals surface area contributed by atoms with Gasteiger partial charge in [0, 0.05) is 9.90 Å². The van der Waals surface area contributed by atoms with Crippen LogP contribution < -0.4 is 10.1 Å². The number of halogens is 2. The lowest BCUT2D eigenvalue weighted by Crippen LogP contribution is -1.98. The lowest BCUT2D eigenvalue weighted by Gasteiger charge is -2.11. The average Bonchev–Trinajstić information content (AvgIpc) is 2.79. The predicted molar refractivity (Wildman–Crippen MR) is 88.4 cm³/mol. The van der Waals surface area contributed by atoms with Gasteiger partial charge in [-0.15, -0.1) is 11.3 Å². The molecule has 0 aliphatic rings. The van der Waals surface area contributed by atoms with E-state index >= 15 is 0 Å². The van der Waals surface area contributed by atoms with Crippen LogP contribution in [-0.4, -0.2) is 17.1 Å². The molecule has 0 amide bonds. The maximum Gasteiger partial charge on any atom is 0.225 e. The van der Waals surface area contributed by atoms with Crippen molar-refractivity contribution in [1.82, 2.24) is 9.97 Å². The van der Waals surface area contributed by atoms with Gasteiger partial charge in [0.15, 0.2) is 0 Å². The van der Waals surface area contributed by atoms with Gasteiger partial charge in [-0.05, 0) is 42.8 Å². The van der Waals surface area contributed by atoms with Gasteiger partial charge < -0.3 is 10.1 Å². The fourth-order valence-electron chi connectivity index (χ4n) is 2.02. The normalized spacial score (nSPS) is 10.9. The Morgan fingerprint density at radius 1 is 1.19 bits per heavy atom. The smallest absolute Gasteiger partial charge is 0.225 e. The summed E-state index contributed by atoms with van der Waals surface area (Å²) in [6.07, 6.45) is 0. The van der Waals surface area contributed by atoms with Crippen LogP contribution in [0.5, 0.6) is 5.75 Å². The van der Waals surface area contributed by atoms with Crippen molar-refractivity contribution in [1.29, 1.82) is 0 Å². The van der Waals surface area contributed by atoms with Crippen LogP contribution in [0.15, 0.2) is 24.3 Å². The predicted octanol–water partition coefficient (Wildman–Crippen LogP) is 5.06. The fourth-order valence-corrected chi connectivity index (χ4v) is 3.29. The number of methoxy groups -OCH3 is 1. The Bertz CT molecular complexity index is 819. The van der Waals surface area contributed by atoms with Crippen molar-refractivity contribution < 1.29 is 4.74 Å². The molecule has 108 valence electrons. The van der Waals surface area contributed by atoms with Crippen molar-refractivity contribution in [3.63, 3.8) is 0 Å². The summed E-state index contributed by atoms with van der Waals surface area (Å²) in [4.78, 5) is 10.5. The van der Waals surface area contributed by atoms with E-state index in [1.165, 1.54) is 0 Å². The van der Waals surface area contributed by atoms with Crippen LogP contribution >= 0.6 is 34.5 Å². The molecule has 0 spiro atoms. The van der Waals surface area contributed by atoms with Gasteiger partial charge in [-0.3, -0.25) is 0 Å². The third-order valence-corrected chi connectivity index (χ3v) is 4.25. The van der Waals surface area contributed by atoms with Gasteiger partial charge in [-0.1, -0.05) is 11.6 Å². The molecule has 7 heteroatoms. The van der Waals surface area contributed by atoms with Crippen LogP contribution in [0.25, 0.3) is 10.2 Å². The van der Waals surface area contributed by atoms with E-state index in [0.29, 0.717) is 16.6 Å². The largest absolute Gasteiger partial charge is 0.495 e. The zero-order valence-electron chi connectivity index (χ0n) is 11.3. The number of thiophene rings is 1. The van der Waals surface area contributed by atoms with E-state index in [1.807, 2.05) is 13.0 Å². The molecule has 2 aromatic heterocycles. The van der Waals surface area contributed by atoms with Crippen molar-refractivity contribution in [2.75, 3.05) is 12.4 Å². The van der Waals surface area contributed by atoms with E-state index in [2.05, 4.69) is 15.3 Å². The Labute approximate surface area is 135 Å². The summed E-state index contributed by atoms with van der Waals surface area (Å²) in [5.41, 5.74) is 0.727. The Kier molecular flexibility index (Phi) is 3.89. The molecular formula is C14H11Cl2N3OS. The molecule has 0 saturated heterocycles. The van der Waals surface area contributed by atoms with E-state index in [0.717, 1.165) is 20.8 Å². The molecule has 3 aromatic rings. The molecule has 2 heterocycles. The second-order valence-corrected chi connectivity index (χ2v) is 6.40. The molecule has 0 atom stereocenters. The maximum atomic E-state index is 6.04. The number of aryl methyl sites for hydroxylation is 1. The van der Waals surface area contributed by atoms with Gasteiger partial charge in [0.05, 0.1) is 18.2 Å². The number of benzene rings is 1. The van der Waals surface area contributed by atoms with Crippen molar-refractivity contribution >= 4 is 56.3 Å². The van der Waals surface area contributed by atoms with Crippen LogP contribution in [0.1, 0.15) is 4.88 Å². The van der Waals surface area contributed by atoms with Crippen molar-refractivity contribution in [2.45, 2.75) is 6.92 Å². The minimum absolute atomic E-state index is 0.202. The molecule has 1 aromatic carbocycles. The molecule has 3 rings (SSSR count). The molecule has 0 fully saturated rings. The number of hydrogen-bond donors (Lipinski definition) is 1. The topological polar surface area (TPSA) is 47.0 Å². The molecule has 0 radical (unpaired) electrons. The molecule has 1 N–H and O–H groups in total. The highest BCUT2D eigenvalue weighted by atomic mass is 35.5. The molecule has 0 bridgehead atoms. The summed E-state index contributed by atoms with van der Waals surface area (Å²) in [5, 5.41) is 4.95. The fraction of sp³-hybridized carbons (Fsp3) is 0.143. The molecule has 21 heavy (non-hydrogen) atoms. The van der Waals surface area contributed by atoms with Crippen molar-refractivity contribution in [3.8, 4) is 5.75 Å². The van der Waals surface area contributed by atoms with E-state index in [4.69, 9.17) is 27.9 Å². The number of rotatable bonds is 3. The van der Waals surface area contributed by atoms with Crippen LogP contribution in [0.4, 0.5) is 11.5 Å². The average molecular weight is 340 g/mol. The van der Waals surface area contributed by atoms with Gasteiger partial charge in [0.1, 0.15) is 16.4 Å². The summed E-state index contributed by atoms with van der Waals surface area (Å²) in [7, 11) is 1.60. The van der Waals surface area contributed by atoms with Gasteiger partial charge in [0.2, 0.25) is 5.28 Å². The molecule has 0 saturated carbocycles. The van der Waals surface area contributed by atoms with Crippen molar-refractivity contribution in [3.05, 3.63) is 39.4 Å². The number of nitrogens with zero attached hydrogens (tertiary/aromatic N) is 2. The molecule has 4 nitrogen and oxygen atoms in total. The summed E-state index contributed by atoms with van der Waals surface area (Å²) in [5.74, 6) is 1.31. The van der Waals surface area contributed by atoms with Gasteiger partial charge in [-0.25, -0.2) is 4.98 Å². The summed E-state index contributed by atoms with van der Waals surface area (Å²) in [6, 6.07) is 7.36. The Morgan fingerprint density at radius 3 is 2.76 bits per heavy atom. The lowest BCUT2D eigenvalue weighted by molar-refractivity contribution is 0.417. The first-order valence-corrected chi connectivity index (χ1v) is 7.68. The van der Waals surface area contributed by atoms with Crippen LogP contribution in [0.3, 0.4) is 0 Å². The second-order valence-electron chi connectivity index (χ2n) is 4.39. The first-order chi connectivity index (χ1) is 10.1. The number of aromatic nitrogens is 2. The van der Waals surface area contributed by atoms with Gasteiger partial charge >= 0.3 is 0 Å². The first-order valence-electron chi connectivity index (χ1n) is 6.11. The molecule has 0 aliphatic carbocycles. The first kappa shape index (κ1) is 14.4. The van der Waals surface area contributed by atoms with E-state index in [-0.39, 0.29) is 5.28 Å². The quantitative estimate of drug-likeness (QED) is 0.677. The monoisotopic (exact) mass is 339 g/mol. The van der Waals surface area contributed by atoms with E-state index in [1.54, 1.807) is 36.6 Å². The number of hydrogen-bond acceptors (Lipinski definition) is 5. The zero-order chi connectivity index (χ0) is 15.0. The number of anilines is 2. The number of ether oxygens (including phenoxy) is 1. The molecule has 0 unspecified atom stereocenters. The Morgan fingerprint density at radius 2 is 2.00 bits per heavy atom. The minimum atomic E-state index is 0.202. The van der Waals surface area contributed by atoms with Crippen LogP contribution in [0, 0.1) is 6.92 Å². The van der Waals surface area contributed by atoms with Crippen LogP contribution in [-0.2, 0) is 0 Å². The highest BCUT2D eigenvalue weighted by Gasteiger charge is 2.12. The SMILES string of the molecule is COc1ccc(Cl)cc1Nc1nc(Cl)nc2sc(C)cc12. The van der Waals surface area contributed by atoms with E-state index < -0.39 is 0 Å². The van der Waals surface area contributed by atoms with E-state index in [9.17, 15) is 0 Å². The molecule has 0 aliphatic heterocycles. The standard InChI is InChI=1S/C14H11Cl2N3OS/c1-7-5-9-12(18-14(16)19-13(9)21-7)17-10-6-8(15)3-4-11(10)20-2/h3-6H,1-2H3,(H,17,18,19). The van der Waals surface area contributed by atoms with Gasteiger partial charge in [0.25, 0.3) is 0 Å². The second kappa shape index (κ2) is 5.67. The number of fused-ring (bicyclic) bond motifs is 1. The highest BCUT2D eigenvalue weighted by molar-refractivity contribution is 7.18. The van der Waals surface area contributed by atoms with Crippen molar-refractivity contribution in [2.24, 2.45) is 0 Å². The summed E-state index contributed by atoms with van der Waals surface area (Å²) < 4.78 is 5.33. The highest BCUT2D eigenvalue weighted by Crippen LogP contribution is 2.35. The number of nitrogens with one attached hydrogen (secondary N) is 1. The zero-order valence-corrected chi connectivity index (χ0v) is 13.6. The Hall–Kier alpha value is -1.56. The lowest BCUT2D eigenvalue weighted by atomic mass is 10.2. The molecular weight excluding hydrogens is 329 g/mol.